The van der Waals surface area contributed by atoms with E-state index in [9.17, 15) is 9.90 Å². The maximum Gasteiger partial charge on any atom is 0.349 e. The van der Waals surface area contributed by atoms with Crippen LogP contribution in [0.3, 0.4) is 0 Å². The van der Waals surface area contributed by atoms with Gasteiger partial charge in [0.25, 0.3) is 0 Å². The Morgan fingerprint density at radius 3 is 2.70 bits per heavy atom. The molecule has 23 heavy (non-hydrogen) atoms. The summed E-state index contributed by atoms with van der Waals surface area (Å²) in [6.07, 6.45) is 1.66. The fourth-order valence-electron chi connectivity index (χ4n) is 2.86. The van der Waals surface area contributed by atoms with E-state index < -0.39 is 11.7 Å². The summed E-state index contributed by atoms with van der Waals surface area (Å²) >= 11 is 3.52. The molecule has 1 spiro atoms. The number of fused-ring (bicyclic) bond motifs is 1. The molecule has 0 aliphatic carbocycles. The number of anilines is 1. The Bertz CT molecular complexity index is 762. The van der Waals surface area contributed by atoms with Gasteiger partial charge in [0.05, 0.1) is 10.2 Å². The number of cyclic esters (lactones) is 1. The minimum atomic E-state index is -1.25. The van der Waals surface area contributed by atoms with Crippen molar-refractivity contribution in [3.05, 3.63) is 45.3 Å². The van der Waals surface area contributed by atoms with Crippen molar-refractivity contribution in [1.29, 1.82) is 0 Å². The molecule has 0 radical (unpaired) electrons. The average Bonchev–Trinajstić information content (AvgIpc) is 2.75. The van der Waals surface area contributed by atoms with Crippen LogP contribution >= 0.6 is 15.9 Å². The second kappa shape index (κ2) is 5.30. The van der Waals surface area contributed by atoms with Gasteiger partial charge in [-0.1, -0.05) is 13.8 Å². The lowest BCUT2D eigenvalue weighted by Crippen LogP contribution is -2.47. The van der Waals surface area contributed by atoms with E-state index in [-0.39, 0.29) is 11.3 Å². The third-order valence-corrected chi connectivity index (χ3v) is 4.50. The zero-order chi connectivity index (χ0) is 16.9. The van der Waals surface area contributed by atoms with E-state index >= 15 is 0 Å². The minimum Gasteiger partial charge on any atom is -0.512 e. The molecule has 2 aliphatic rings. The number of halogens is 1. The molecule has 0 aromatic heterocycles. The number of aliphatic hydroxyl groups excluding tert-OH is 1. The van der Waals surface area contributed by atoms with E-state index in [0.717, 1.165) is 15.7 Å². The number of nitrogens with one attached hydrogen (secondary N) is 1. The van der Waals surface area contributed by atoms with E-state index in [1.165, 1.54) is 6.92 Å². The van der Waals surface area contributed by atoms with E-state index in [4.69, 9.17) is 9.47 Å². The third-order valence-electron chi connectivity index (χ3n) is 3.91. The van der Waals surface area contributed by atoms with Crippen molar-refractivity contribution in [3.8, 4) is 5.75 Å². The minimum absolute atomic E-state index is 0.0531. The average molecular weight is 380 g/mol. The third kappa shape index (κ3) is 2.51. The van der Waals surface area contributed by atoms with Crippen LogP contribution in [0, 0.1) is 0 Å². The van der Waals surface area contributed by atoms with Crippen LogP contribution in [0.2, 0.25) is 0 Å². The van der Waals surface area contributed by atoms with Gasteiger partial charge in [0.2, 0.25) is 5.72 Å². The number of hydrogen-bond acceptors (Lipinski definition) is 5. The highest BCUT2D eigenvalue weighted by molar-refractivity contribution is 9.10. The number of carbonyl (C=O) groups excluding carboxylic acids is 1. The van der Waals surface area contributed by atoms with Gasteiger partial charge in [-0.3, -0.25) is 0 Å². The Balaban J connectivity index is 2.15. The van der Waals surface area contributed by atoms with Crippen LogP contribution < -0.4 is 10.1 Å². The molecule has 0 saturated heterocycles. The van der Waals surface area contributed by atoms with Gasteiger partial charge < -0.3 is 19.9 Å². The number of allylic oxidation sites excluding steroid dienone is 2. The van der Waals surface area contributed by atoms with E-state index in [2.05, 4.69) is 35.1 Å². The predicted octanol–water partition coefficient (Wildman–Crippen LogP) is 4.37. The molecule has 2 N–H and O–H groups in total. The summed E-state index contributed by atoms with van der Waals surface area (Å²) in [5.41, 5.74) is 0.700. The zero-order valence-electron chi connectivity index (χ0n) is 13.4. The first-order chi connectivity index (χ1) is 10.7. The number of aliphatic hydroxyl groups is 1. The Morgan fingerprint density at radius 1 is 1.39 bits per heavy atom. The van der Waals surface area contributed by atoms with Crippen molar-refractivity contribution < 1.29 is 19.4 Å². The summed E-state index contributed by atoms with van der Waals surface area (Å²) in [6, 6.07) is 3.99. The molecule has 122 valence electrons. The van der Waals surface area contributed by atoms with E-state index in [1.54, 1.807) is 13.0 Å². The highest BCUT2D eigenvalue weighted by Gasteiger charge is 2.50. The van der Waals surface area contributed by atoms with Gasteiger partial charge in [-0.05, 0) is 53.4 Å². The monoisotopic (exact) mass is 379 g/mol. The Labute approximate surface area is 143 Å². The summed E-state index contributed by atoms with van der Waals surface area (Å²) in [5, 5.41) is 13.2. The van der Waals surface area contributed by atoms with Crippen LogP contribution in [-0.4, -0.2) is 16.8 Å². The van der Waals surface area contributed by atoms with Gasteiger partial charge in [-0.15, -0.1) is 0 Å². The highest BCUT2D eigenvalue weighted by Crippen LogP contribution is 2.48. The second-order valence-corrected chi connectivity index (χ2v) is 6.96. The van der Waals surface area contributed by atoms with Crippen molar-refractivity contribution in [2.45, 2.75) is 39.3 Å². The maximum absolute atomic E-state index is 12.2. The molecule has 1 aromatic rings. The van der Waals surface area contributed by atoms with Gasteiger partial charge in [-0.2, -0.15) is 0 Å². The Kier molecular flexibility index (Phi) is 3.67. The van der Waals surface area contributed by atoms with Crippen LogP contribution in [-0.2, 0) is 9.53 Å². The first kappa shape index (κ1) is 15.9. The zero-order valence-corrected chi connectivity index (χ0v) is 14.9. The van der Waals surface area contributed by atoms with Gasteiger partial charge in [0, 0.05) is 6.08 Å². The van der Waals surface area contributed by atoms with Crippen molar-refractivity contribution >= 4 is 27.6 Å². The summed E-state index contributed by atoms with van der Waals surface area (Å²) in [7, 11) is 0. The van der Waals surface area contributed by atoms with Crippen LogP contribution in [0.4, 0.5) is 5.69 Å². The van der Waals surface area contributed by atoms with E-state index in [0.29, 0.717) is 17.4 Å². The fourth-order valence-corrected chi connectivity index (χ4v) is 3.42. The Hall–Kier alpha value is -1.95. The molecule has 6 heteroatoms. The molecule has 0 amide bonds. The maximum atomic E-state index is 12.2. The Morgan fingerprint density at radius 2 is 2.09 bits per heavy atom. The molecular weight excluding hydrogens is 362 g/mol. The molecule has 3 rings (SSSR count). The van der Waals surface area contributed by atoms with Crippen LogP contribution in [0.15, 0.2) is 39.8 Å². The molecule has 1 atom stereocenters. The number of carbonyl (C=O) groups is 1. The van der Waals surface area contributed by atoms with Crippen LogP contribution in [0.25, 0.3) is 0 Å². The van der Waals surface area contributed by atoms with Crippen molar-refractivity contribution in [2.24, 2.45) is 0 Å². The van der Waals surface area contributed by atoms with Gasteiger partial charge in [-0.25, -0.2) is 4.79 Å². The number of hydrogen-bond donors (Lipinski definition) is 2. The second-order valence-electron chi connectivity index (χ2n) is 6.10. The molecule has 1 aromatic carbocycles. The fraction of sp³-hybridized carbons (Fsp3) is 0.353. The number of ether oxygens (including phenoxy) is 2. The number of benzene rings is 1. The van der Waals surface area contributed by atoms with Gasteiger partial charge >= 0.3 is 5.97 Å². The molecule has 5 nitrogen and oxygen atoms in total. The van der Waals surface area contributed by atoms with Crippen molar-refractivity contribution in [3.63, 3.8) is 0 Å². The molecule has 0 saturated carbocycles. The predicted molar refractivity (Wildman–Crippen MR) is 90.4 cm³/mol. The first-order valence-electron chi connectivity index (χ1n) is 7.36. The SMILES string of the molecule is CC1=CC2(Nc3cc(C(C)C)cc(Br)c3O2)/C(=C(\C)O)C(=O)O1. The smallest absolute Gasteiger partial charge is 0.349 e. The van der Waals surface area contributed by atoms with Gasteiger partial charge in [0.1, 0.15) is 17.1 Å². The largest absolute Gasteiger partial charge is 0.512 e. The lowest BCUT2D eigenvalue weighted by atomic mass is 9.98. The lowest BCUT2D eigenvalue weighted by Gasteiger charge is -2.31. The van der Waals surface area contributed by atoms with Crippen LogP contribution in [0.5, 0.6) is 5.75 Å². The molecule has 2 aliphatic heterocycles. The molecule has 1 unspecified atom stereocenters. The first-order valence-corrected chi connectivity index (χ1v) is 8.15. The summed E-state index contributed by atoms with van der Waals surface area (Å²) in [6.45, 7) is 7.32. The summed E-state index contributed by atoms with van der Waals surface area (Å²) < 4.78 is 12.0. The van der Waals surface area contributed by atoms with Crippen molar-refractivity contribution in [1.82, 2.24) is 0 Å². The quantitative estimate of drug-likeness (QED) is 0.430. The van der Waals surface area contributed by atoms with Gasteiger partial charge in [0.15, 0.2) is 5.75 Å². The standard InChI is InChI=1S/C17H18BrNO4/c1-8(2)11-5-12(18)15-13(6-11)19-17(23-15)7-9(3)22-16(21)14(17)10(4)20/h5-8,19-20H,1-4H3/b14-10+. The molecule has 0 fully saturated rings. The van der Waals surface area contributed by atoms with Crippen LogP contribution in [0.1, 0.15) is 39.2 Å². The number of rotatable bonds is 1. The van der Waals surface area contributed by atoms with E-state index in [1.807, 2.05) is 12.1 Å². The molecule has 0 bridgehead atoms. The number of esters is 1. The summed E-state index contributed by atoms with van der Waals surface area (Å²) in [4.78, 5) is 12.2. The highest BCUT2D eigenvalue weighted by atomic mass is 79.9. The molecular formula is C17H18BrNO4. The normalized spacial score (nSPS) is 24.8. The summed E-state index contributed by atoms with van der Waals surface area (Å²) in [5.74, 6) is 0.607. The lowest BCUT2D eigenvalue weighted by molar-refractivity contribution is -0.138. The topological polar surface area (TPSA) is 67.8 Å². The molecule has 2 heterocycles. The van der Waals surface area contributed by atoms with Crippen molar-refractivity contribution in [2.75, 3.05) is 5.32 Å².